The van der Waals surface area contributed by atoms with Gasteiger partial charge in [0.25, 0.3) is 23.6 Å². The third-order valence-corrected chi connectivity index (χ3v) is 19.7. The molecule has 0 radical (unpaired) electrons. The number of amides is 8. The second kappa shape index (κ2) is 37.1. The Kier molecular flexibility index (Phi) is 21.2. The summed E-state index contributed by atoms with van der Waals surface area (Å²) in [5.41, 5.74) is 8.65. The molecule has 4 aromatic carbocycles. The van der Waals surface area contributed by atoms with Crippen molar-refractivity contribution in [3.05, 3.63) is 160 Å². The van der Waals surface area contributed by atoms with Gasteiger partial charge < -0.3 is 63.8 Å². The molecule has 8 amide bonds. The maximum atomic E-state index is 12.6. The smallest absolute Gasteiger partial charge is 0.273 e. The van der Waals surface area contributed by atoms with Crippen LogP contribution in [-0.2, 0) is 47.4 Å². The van der Waals surface area contributed by atoms with Crippen molar-refractivity contribution in [3.8, 4) is 45.6 Å². The van der Waals surface area contributed by atoms with Gasteiger partial charge >= 0.3 is 0 Å². The first-order valence-corrected chi connectivity index (χ1v) is 38.1. The molecule has 0 spiro atoms. The number of aryl methyl sites for hydroxylation is 6. The first kappa shape index (κ1) is 69.7. The lowest BCUT2D eigenvalue weighted by molar-refractivity contribution is -0.118. The molecule has 0 bridgehead atoms. The van der Waals surface area contributed by atoms with E-state index in [-0.39, 0.29) is 116 Å². The highest BCUT2D eigenvalue weighted by Crippen LogP contribution is 2.39. The normalized spacial score (nSPS) is 14.9. The van der Waals surface area contributed by atoms with E-state index in [1.807, 2.05) is 98.4 Å². The number of nitrogens with one attached hydrogen (secondary N) is 12. The molecule has 0 aliphatic heterocycles. The van der Waals surface area contributed by atoms with E-state index in [9.17, 15) is 38.4 Å². The predicted molar refractivity (Wildman–Crippen MR) is 452 cm³/mol. The Morgan fingerprint density at radius 1 is 0.361 bits per heavy atom. The monoisotopic (exact) mass is 1670 g/mol. The number of tetrazole rings is 1. The minimum Gasteiger partial charge on any atom is -0.354 e. The summed E-state index contributed by atoms with van der Waals surface area (Å²) in [6, 6.07) is 27.7. The Bertz CT molecular complexity index is 6500. The quantitative estimate of drug-likeness (QED) is 0.0271. The van der Waals surface area contributed by atoms with Gasteiger partial charge in [0.1, 0.15) is 18.0 Å². The van der Waals surface area contributed by atoms with Crippen LogP contribution in [0.25, 0.3) is 45.6 Å². The average Bonchev–Trinajstić information content (AvgIpc) is 1.66. The molecule has 4 aliphatic carbocycles. The van der Waals surface area contributed by atoms with Crippen LogP contribution in [0.2, 0.25) is 0 Å². The predicted octanol–water partition coefficient (Wildman–Crippen LogP) is 8.14. The van der Waals surface area contributed by atoms with Crippen molar-refractivity contribution in [1.29, 1.82) is 0 Å². The molecule has 122 heavy (non-hydrogen) atoms. The molecule has 41 nitrogen and oxygen atoms in total. The average molecular weight is 1670 g/mol. The van der Waals surface area contributed by atoms with Crippen LogP contribution in [0.1, 0.15) is 144 Å². The van der Waals surface area contributed by atoms with Gasteiger partial charge in [-0.25, -0.2) is 24.3 Å². The zero-order chi connectivity index (χ0) is 96.7. The molecule has 4 saturated carbocycles. The SMILES string of the molecule is [2H]C([2H])([2H])NC(=O)c1nnc(NC(=O)C2CC2)cc1Nc1cccc(-c2nc(C)n(C)n2)c1C.[2H]C([2H])([2H])NC(=O)c1nnc(NC(=O)C2CC2)cc1Nc1cccc(-c2nc(C)nn2C)c1C.[2H]C([2H])([2H])NC(=O)c1nnc(NC(=O)C2CC2)cc1Nc1cccc(-c2ncnn2C)c1C.[2H]C([2H])([2H])NC(=O)c1nnc(NC(=O)C2CC2)cc1Nc1cccc(-c2nnn(C)n2)c1C. The lowest BCUT2D eigenvalue weighted by Gasteiger charge is -2.15. The largest absolute Gasteiger partial charge is 0.354 e. The molecule has 8 aromatic heterocycles. The summed E-state index contributed by atoms with van der Waals surface area (Å²) in [7, 11) is 7.04. The summed E-state index contributed by atoms with van der Waals surface area (Å²) in [5.74, 6) is -0.318. The Morgan fingerprint density at radius 3 is 0.984 bits per heavy atom. The zero-order valence-corrected chi connectivity index (χ0v) is 67.4. The second-order valence-corrected chi connectivity index (χ2v) is 28.8. The fraction of sp³-hybridized carbons (Fsp3) is 0.321. The van der Waals surface area contributed by atoms with Gasteiger partial charge in [-0.1, -0.05) is 48.5 Å². The summed E-state index contributed by atoms with van der Waals surface area (Å²) < 4.78 is 92.8. The molecule has 0 atom stereocenters. The minimum atomic E-state index is -2.71. The van der Waals surface area contributed by atoms with Crippen molar-refractivity contribution in [3.63, 3.8) is 0 Å². The first-order chi connectivity index (χ1) is 63.3. The van der Waals surface area contributed by atoms with Gasteiger partial charge in [0.15, 0.2) is 63.5 Å². The minimum absolute atomic E-state index is 0.0490. The van der Waals surface area contributed by atoms with E-state index in [4.69, 9.17) is 16.4 Å². The summed E-state index contributed by atoms with van der Waals surface area (Å²) in [6.07, 6.45) is 7.97. The third kappa shape index (κ3) is 20.2. The molecule has 4 fully saturated rings. The number of anilines is 12. The first-order valence-electron chi connectivity index (χ1n) is 44.1. The summed E-state index contributed by atoms with van der Waals surface area (Å²) in [6.45, 7) is 0.309. The van der Waals surface area contributed by atoms with Crippen molar-refractivity contribution >= 4 is 116 Å². The van der Waals surface area contributed by atoms with Crippen LogP contribution in [0, 0.1) is 65.2 Å². The van der Waals surface area contributed by atoms with Gasteiger partial charge in [0.05, 0.1) is 29.8 Å². The van der Waals surface area contributed by atoms with Gasteiger partial charge in [0, 0.05) is 158 Å². The second-order valence-electron chi connectivity index (χ2n) is 28.8. The molecule has 12 N–H and O–H groups in total. The number of nitrogens with zero attached hydrogens (tertiary/aromatic N) is 21. The van der Waals surface area contributed by atoms with Crippen LogP contribution in [0.4, 0.5) is 68.8 Å². The maximum Gasteiger partial charge on any atom is 0.273 e. The molecule has 12 aromatic rings. The molecule has 16 rings (SSSR count). The van der Waals surface area contributed by atoms with E-state index in [0.29, 0.717) is 57.4 Å². The van der Waals surface area contributed by atoms with Gasteiger partial charge in [-0.05, 0) is 145 Å². The summed E-state index contributed by atoms with van der Waals surface area (Å²) >= 11 is 0. The van der Waals surface area contributed by atoms with Crippen LogP contribution < -0.4 is 63.8 Å². The van der Waals surface area contributed by atoms with Crippen molar-refractivity contribution in [1.82, 2.24) is 127 Å². The molecular formula is C81H91N33O8. The fourth-order valence-electron chi connectivity index (χ4n) is 12.3. The highest BCUT2D eigenvalue weighted by molar-refractivity contribution is 6.04. The molecule has 0 unspecified atom stereocenters. The highest BCUT2D eigenvalue weighted by Gasteiger charge is 2.34. The number of hydrogen-bond acceptors (Lipinski definition) is 29. The Hall–Kier alpha value is -15.4. The van der Waals surface area contributed by atoms with E-state index in [2.05, 4.69) is 129 Å². The van der Waals surface area contributed by atoms with Gasteiger partial charge in [0.2, 0.25) is 29.5 Å². The lowest BCUT2D eigenvalue weighted by Crippen LogP contribution is -2.22. The molecule has 8 heterocycles. The van der Waals surface area contributed by atoms with E-state index >= 15 is 0 Å². The van der Waals surface area contributed by atoms with Gasteiger partial charge in [-0.15, -0.1) is 51.0 Å². The van der Waals surface area contributed by atoms with E-state index < -0.39 is 51.5 Å². The number of carbonyl (C=O) groups is 8. The van der Waals surface area contributed by atoms with Gasteiger partial charge in [-0.2, -0.15) is 20.1 Å². The van der Waals surface area contributed by atoms with Gasteiger partial charge in [-0.3, -0.25) is 43.0 Å². The van der Waals surface area contributed by atoms with Crippen LogP contribution in [0.3, 0.4) is 0 Å². The van der Waals surface area contributed by atoms with E-state index in [0.717, 1.165) is 96.1 Å². The van der Waals surface area contributed by atoms with E-state index in [1.165, 1.54) is 35.4 Å². The third-order valence-electron chi connectivity index (χ3n) is 19.7. The van der Waals surface area contributed by atoms with Crippen molar-refractivity contribution < 1.29 is 54.8 Å². The Labute approximate surface area is 715 Å². The Morgan fingerprint density at radius 2 is 0.697 bits per heavy atom. The number of benzene rings is 4. The number of carbonyl (C=O) groups excluding carboxylic acids is 8. The van der Waals surface area contributed by atoms with E-state index in [1.54, 1.807) is 79.5 Å². The number of hydrogen-bond donors (Lipinski definition) is 12. The van der Waals surface area contributed by atoms with Crippen LogP contribution in [-0.4, -0.2) is 180 Å². The van der Waals surface area contributed by atoms with Crippen LogP contribution in [0.5, 0.6) is 0 Å². The summed E-state index contributed by atoms with van der Waals surface area (Å²) in [4.78, 5) is 114. The lowest BCUT2D eigenvalue weighted by atomic mass is 10.1. The standard InChI is InChI=1S/2C21H24N8O2.C20H22N8O2.C19H21N9O2/c1-11-14(19-23-12(2)29(4)28-19)6-5-7-15(11)24-16-10-17(25-20(30)13-8-9-13)26-27-18(16)21(31)22-3;1-11-14(19-23-12(2)28-29(19)4)6-5-7-15(11)24-16-10-17(25-20(30)13-8-9-13)26-27-18(16)21(31)22-3;1-11-13(18-22-10-23-28(18)3)5-4-6-14(11)24-15-9-16(25-19(29)12-7-8-12)26-27-17(15)20(30)21-2;1-10-12(17-25-27-28(3)26-17)5-4-6-13(10)21-14-9-15(22-18(29)11-7-8-11)23-24-16(14)19(30)20-2/h2*5-7,10,13H,8-9H2,1-4H3,(H,22,31)(H2,24,25,26,30);4-6,9-10,12H,7-8H2,1-3H3,(H,21,30)(H2,24,25,26,29);4-6,9,11H,7-8H2,1-3H3,(H,20,30)(H2,21,22,23,29)/i2*3D3;2*2D3. The van der Waals surface area contributed by atoms with Crippen molar-refractivity contribution in [2.45, 2.75) is 92.9 Å². The molecule has 41 heteroatoms. The molecular weight excluding hydrogens is 1560 g/mol. The van der Waals surface area contributed by atoms with Crippen LogP contribution in [0.15, 0.2) is 103 Å². The summed E-state index contributed by atoms with van der Waals surface area (Å²) in [5, 5.41) is 86.9. The number of aromatic nitrogens is 21. The molecule has 0 saturated heterocycles. The van der Waals surface area contributed by atoms with Crippen molar-refractivity contribution in [2.75, 3.05) is 70.4 Å². The molecule has 4 aliphatic rings. The fourth-order valence-corrected chi connectivity index (χ4v) is 12.3. The Balaban J connectivity index is 0.000000152. The topological polar surface area (TPSA) is 520 Å². The maximum absolute atomic E-state index is 12.6. The molecule has 628 valence electrons. The van der Waals surface area contributed by atoms with Crippen LogP contribution >= 0.6 is 0 Å². The number of rotatable bonds is 24. The zero-order valence-electron chi connectivity index (χ0n) is 79.4. The highest BCUT2D eigenvalue weighted by atomic mass is 16.2. The van der Waals surface area contributed by atoms with Crippen molar-refractivity contribution in [2.24, 2.45) is 51.9 Å².